The molecule has 0 aliphatic carbocycles. The maximum absolute atomic E-state index is 12.6. The van der Waals surface area contributed by atoms with Crippen LogP contribution in [0.1, 0.15) is 31.7 Å². The number of aryl methyl sites for hydroxylation is 2. The van der Waals surface area contributed by atoms with Gasteiger partial charge in [0.15, 0.2) is 5.16 Å². The second-order valence-electron chi connectivity index (χ2n) is 6.28. The van der Waals surface area contributed by atoms with Crippen molar-refractivity contribution in [3.8, 4) is 0 Å². The summed E-state index contributed by atoms with van der Waals surface area (Å²) in [6.07, 6.45) is 1.58. The monoisotopic (exact) mass is 389 g/mol. The van der Waals surface area contributed by atoms with Crippen molar-refractivity contribution in [3.05, 3.63) is 35.7 Å². The van der Waals surface area contributed by atoms with Crippen molar-refractivity contribution in [2.75, 3.05) is 24.2 Å². The van der Waals surface area contributed by atoms with Gasteiger partial charge in [-0.05, 0) is 25.0 Å². The van der Waals surface area contributed by atoms with Crippen LogP contribution in [0.2, 0.25) is 0 Å². The number of thioether (sulfide) groups is 1. The summed E-state index contributed by atoms with van der Waals surface area (Å²) in [5, 5.41) is 11.8. The number of nitrogens with zero attached hydrogens (tertiary/aromatic N) is 4. The zero-order chi connectivity index (χ0) is 19.8. The highest BCUT2D eigenvalue weighted by atomic mass is 32.2. The van der Waals surface area contributed by atoms with Crippen LogP contribution in [0, 0.1) is 6.92 Å². The highest BCUT2D eigenvalue weighted by molar-refractivity contribution is 7.99. The first kappa shape index (κ1) is 21.0. The SMILES string of the molecule is CCCN(CC(=O)Nc1ccccc1C)C(=O)CSc1nnc(CC)n1C. The van der Waals surface area contributed by atoms with Crippen molar-refractivity contribution >= 4 is 29.3 Å². The van der Waals surface area contributed by atoms with Gasteiger partial charge in [0, 0.05) is 25.7 Å². The van der Waals surface area contributed by atoms with Gasteiger partial charge in [0.1, 0.15) is 5.82 Å². The van der Waals surface area contributed by atoms with Crippen LogP contribution >= 0.6 is 11.8 Å². The Bertz CT molecular complexity index is 790. The number of para-hydroxylation sites is 1. The van der Waals surface area contributed by atoms with Gasteiger partial charge in [-0.2, -0.15) is 0 Å². The number of hydrogen-bond acceptors (Lipinski definition) is 5. The molecule has 146 valence electrons. The quantitative estimate of drug-likeness (QED) is 0.667. The molecule has 0 saturated heterocycles. The van der Waals surface area contributed by atoms with Gasteiger partial charge in [-0.25, -0.2) is 0 Å². The lowest BCUT2D eigenvalue weighted by Gasteiger charge is -2.21. The predicted octanol–water partition coefficient (Wildman–Crippen LogP) is 2.66. The molecule has 2 amide bonds. The fourth-order valence-corrected chi connectivity index (χ4v) is 3.47. The standard InChI is InChI=1S/C19H27N5O2S/c1-5-11-24(12-17(25)20-15-10-8-7-9-14(15)3)18(26)13-27-19-22-21-16(6-2)23(19)4/h7-10H,5-6,11-13H2,1-4H3,(H,20,25). The van der Waals surface area contributed by atoms with Gasteiger partial charge in [-0.15, -0.1) is 10.2 Å². The van der Waals surface area contributed by atoms with Crippen molar-refractivity contribution < 1.29 is 9.59 Å². The maximum Gasteiger partial charge on any atom is 0.244 e. The minimum atomic E-state index is -0.192. The number of rotatable bonds is 9. The Morgan fingerprint density at radius 2 is 1.96 bits per heavy atom. The molecule has 8 heteroatoms. The lowest BCUT2D eigenvalue weighted by atomic mass is 10.2. The zero-order valence-corrected chi connectivity index (χ0v) is 17.2. The molecular formula is C19H27N5O2S. The van der Waals surface area contributed by atoms with Crippen LogP contribution in [-0.4, -0.2) is 50.3 Å². The molecule has 0 atom stereocenters. The second-order valence-corrected chi connectivity index (χ2v) is 7.22. The molecule has 0 radical (unpaired) electrons. The average Bonchev–Trinajstić information content (AvgIpc) is 3.01. The highest BCUT2D eigenvalue weighted by Gasteiger charge is 2.18. The van der Waals surface area contributed by atoms with E-state index in [1.165, 1.54) is 11.8 Å². The molecule has 0 aliphatic rings. The molecule has 27 heavy (non-hydrogen) atoms. The van der Waals surface area contributed by atoms with E-state index < -0.39 is 0 Å². The van der Waals surface area contributed by atoms with E-state index in [0.717, 1.165) is 29.9 Å². The Morgan fingerprint density at radius 1 is 1.22 bits per heavy atom. The molecule has 1 aromatic carbocycles. The summed E-state index contributed by atoms with van der Waals surface area (Å²) in [4.78, 5) is 26.6. The van der Waals surface area contributed by atoms with Gasteiger partial charge in [-0.1, -0.05) is 43.8 Å². The first-order chi connectivity index (χ1) is 13.0. The third-order valence-electron chi connectivity index (χ3n) is 4.17. The molecule has 1 aromatic heterocycles. The molecule has 0 spiro atoms. The Kier molecular flexibility index (Phi) is 7.84. The molecule has 1 heterocycles. The Hall–Kier alpha value is -2.35. The van der Waals surface area contributed by atoms with Crippen molar-refractivity contribution in [3.63, 3.8) is 0 Å². The fraction of sp³-hybridized carbons (Fsp3) is 0.474. The van der Waals surface area contributed by atoms with Crippen molar-refractivity contribution in [1.29, 1.82) is 0 Å². The molecule has 0 unspecified atom stereocenters. The van der Waals surface area contributed by atoms with Gasteiger partial charge in [0.2, 0.25) is 11.8 Å². The third kappa shape index (κ3) is 5.82. The number of amides is 2. The van der Waals surface area contributed by atoms with E-state index in [9.17, 15) is 9.59 Å². The number of nitrogens with one attached hydrogen (secondary N) is 1. The summed E-state index contributed by atoms with van der Waals surface area (Å²) in [5.74, 6) is 0.840. The van der Waals surface area contributed by atoms with E-state index in [1.54, 1.807) is 4.90 Å². The van der Waals surface area contributed by atoms with E-state index in [0.29, 0.717) is 11.7 Å². The molecule has 0 bridgehead atoms. The van der Waals surface area contributed by atoms with Crippen LogP contribution in [0.4, 0.5) is 5.69 Å². The Balaban J connectivity index is 1.94. The third-order valence-corrected chi connectivity index (χ3v) is 5.17. The van der Waals surface area contributed by atoms with E-state index >= 15 is 0 Å². The Labute approximate surface area is 164 Å². The van der Waals surface area contributed by atoms with Gasteiger partial charge in [0.05, 0.1) is 12.3 Å². The number of hydrogen-bond donors (Lipinski definition) is 1. The van der Waals surface area contributed by atoms with Crippen LogP contribution < -0.4 is 5.32 Å². The van der Waals surface area contributed by atoms with Gasteiger partial charge in [0.25, 0.3) is 0 Å². The second kappa shape index (κ2) is 10.1. The number of carbonyl (C=O) groups is 2. The van der Waals surface area contributed by atoms with Gasteiger partial charge >= 0.3 is 0 Å². The van der Waals surface area contributed by atoms with Crippen LogP contribution in [-0.2, 0) is 23.1 Å². The zero-order valence-electron chi connectivity index (χ0n) is 16.4. The summed E-state index contributed by atoms with van der Waals surface area (Å²) < 4.78 is 1.90. The summed E-state index contributed by atoms with van der Waals surface area (Å²) >= 11 is 1.35. The minimum absolute atomic E-state index is 0.0423. The van der Waals surface area contributed by atoms with E-state index in [2.05, 4.69) is 15.5 Å². The summed E-state index contributed by atoms with van der Waals surface area (Å²) in [5.41, 5.74) is 1.76. The topological polar surface area (TPSA) is 80.1 Å². The number of aromatic nitrogens is 3. The van der Waals surface area contributed by atoms with Crippen LogP contribution in [0.3, 0.4) is 0 Å². The summed E-state index contributed by atoms with van der Waals surface area (Å²) in [7, 11) is 1.89. The molecule has 1 N–H and O–H groups in total. The van der Waals surface area contributed by atoms with Crippen molar-refractivity contribution in [1.82, 2.24) is 19.7 Å². The lowest BCUT2D eigenvalue weighted by molar-refractivity contribution is -0.132. The van der Waals surface area contributed by atoms with E-state index in [4.69, 9.17) is 0 Å². The number of carbonyl (C=O) groups excluding carboxylic acids is 2. The van der Waals surface area contributed by atoms with Crippen LogP contribution in [0.5, 0.6) is 0 Å². The molecule has 0 saturated carbocycles. The van der Waals surface area contributed by atoms with E-state index in [1.807, 2.05) is 56.7 Å². The normalized spacial score (nSPS) is 10.7. The molecule has 0 fully saturated rings. The van der Waals surface area contributed by atoms with Crippen LogP contribution in [0.25, 0.3) is 0 Å². The predicted molar refractivity (Wildman–Crippen MR) is 108 cm³/mol. The van der Waals surface area contributed by atoms with Crippen molar-refractivity contribution in [2.45, 2.75) is 38.8 Å². The van der Waals surface area contributed by atoms with E-state index in [-0.39, 0.29) is 24.1 Å². The smallest absolute Gasteiger partial charge is 0.244 e. The lowest BCUT2D eigenvalue weighted by Crippen LogP contribution is -2.39. The largest absolute Gasteiger partial charge is 0.333 e. The Morgan fingerprint density at radius 3 is 2.59 bits per heavy atom. The van der Waals surface area contributed by atoms with Crippen molar-refractivity contribution in [2.24, 2.45) is 7.05 Å². The molecule has 2 aromatic rings. The minimum Gasteiger partial charge on any atom is -0.333 e. The number of anilines is 1. The maximum atomic E-state index is 12.6. The first-order valence-electron chi connectivity index (χ1n) is 9.10. The summed E-state index contributed by atoms with van der Waals surface area (Å²) in [6, 6.07) is 7.59. The number of benzene rings is 1. The summed E-state index contributed by atoms with van der Waals surface area (Å²) in [6.45, 7) is 6.52. The average molecular weight is 390 g/mol. The fourth-order valence-electron chi connectivity index (χ4n) is 2.63. The molecular weight excluding hydrogens is 362 g/mol. The molecule has 7 nitrogen and oxygen atoms in total. The first-order valence-corrected chi connectivity index (χ1v) is 10.1. The van der Waals surface area contributed by atoms with Gasteiger partial charge < -0.3 is 14.8 Å². The molecule has 0 aliphatic heterocycles. The highest BCUT2D eigenvalue weighted by Crippen LogP contribution is 2.17. The van der Waals surface area contributed by atoms with Gasteiger partial charge in [-0.3, -0.25) is 9.59 Å². The van der Waals surface area contributed by atoms with Crippen LogP contribution in [0.15, 0.2) is 29.4 Å². The molecule has 2 rings (SSSR count).